The standard InChI is InChI=1S/C13H12BrNO/c14-11-4-6-13(7-5-11)16-9-10-2-1-3-12(15)8-10/h1-8H,9,15H2. The van der Waals surface area contributed by atoms with Gasteiger partial charge in [-0.25, -0.2) is 0 Å². The molecule has 2 N–H and O–H groups in total. The third kappa shape index (κ3) is 3.00. The van der Waals surface area contributed by atoms with Gasteiger partial charge >= 0.3 is 0 Å². The van der Waals surface area contributed by atoms with Crippen LogP contribution in [0.3, 0.4) is 0 Å². The minimum atomic E-state index is 0.534. The van der Waals surface area contributed by atoms with E-state index in [2.05, 4.69) is 15.9 Å². The lowest BCUT2D eigenvalue weighted by Gasteiger charge is -2.06. The molecule has 0 aliphatic carbocycles. The molecule has 16 heavy (non-hydrogen) atoms. The zero-order valence-corrected chi connectivity index (χ0v) is 10.3. The Morgan fingerprint density at radius 1 is 1.06 bits per heavy atom. The van der Waals surface area contributed by atoms with E-state index in [0.717, 1.165) is 21.5 Å². The van der Waals surface area contributed by atoms with Crippen LogP contribution in [0.5, 0.6) is 5.75 Å². The van der Waals surface area contributed by atoms with Crippen LogP contribution in [-0.2, 0) is 6.61 Å². The predicted molar refractivity (Wildman–Crippen MR) is 69.3 cm³/mol. The average molecular weight is 278 g/mol. The van der Waals surface area contributed by atoms with Gasteiger partial charge in [0.15, 0.2) is 0 Å². The number of nitrogen functional groups attached to an aromatic ring is 1. The summed E-state index contributed by atoms with van der Waals surface area (Å²) >= 11 is 3.38. The summed E-state index contributed by atoms with van der Waals surface area (Å²) in [7, 11) is 0. The van der Waals surface area contributed by atoms with Crippen molar-refractivity contribution in [3.05, 3.63) is 58.6 Å². The van der Waals surface area contributed by atoms with Gasteiger partial charge in [0.25, 0.3) is 0 Å². The van der Waals surface area contributed by atoms with Gasteiger partial charge < -0.3 is 10.5 Å². The fourth-order valence-electron chi connectivity index (χ4n) is 1.38. The van der Waals surface area contributed by atoms with Crippen molar-refractivity contribution in [2.45, 2.75) is 6.61 Å². The topological polar surface area (TPSA) is 35.2 Å². The summed E-state index contributed by atoms with van der Waals surface area (Å²) in [5.41, 5.74) is 7.52. The molecule has 0 aliphatic rings. The molecule has 2 rings (SSSR count). The van der Waals surface area contributed by atoms with Gasteiger partial charge in [0, 0.05) is 10.2 Å². The van der Waals surface area contributed by atoms with Crippen LogP contribution in [0.15, 0.2) is 53.0 Å². The molecule has 0 aliphatic heterocycles. The maximum atomic E-state index is 5.69. The van der Waals surface area contributed by atoms with E-state index in [9.17, 15) is 0 Å². The molecule has 0 atom stereocenters. The molecule has 0 spiro atoms. The summed E-state index contributed by atoms with van der Waals surface area (Å²) in [6.45, 7) is 0.534. The quantitative estimate of drug-likeness (QED) is 0.870. The number of hydrogen-bond acceptors (Lipinski definition) is 2. The fraction of sp³-hybridized carbons (Fsp3) is 0.0769. The van der Waals surface area contributed by atoms with Crippen molar-refractivity contribution in [3.8, 4) is 5.75 Å². The van der Waals surface area contributed by atoms with Crippen molar-refractivity contribution in [1.82, 2.24) is 0 Å². The molecule has 82 valence electrons. The Bertz CT molecular complexity index is 468. The van der Waals surface area contributed by atoms with Crippen molar-refractivity contribution in [2.24, 2.45) is 0 Å². The second kappa shape index (κ2) is 5.03. The van der Waals surface area contributed by atoms with Gasteiger partial charge in [-0.3, -0.25) is 0 Å². The summed E-state index contributed by atoms with van der Waals surface area (Å²) in [5, 5.41) is 0. The lowest BCUT2D eigenvalue weighted by molar-refractivity contribution is 0.306. The lowest BCUT2D eigenvalue weighted by Crippen LogP contribution is -1.96. The molecule has 0 radical (unpaired) electrons. The number of rotatable bonds is 3. The first-order valence-electron chi connectivity index (χ1n) is 4.97. The first kappa shape index (κ1) is 11.0. The summed E-state index contributed by atoms with van der Waals surface area (Å²) in [5.74, 6) is 0.852. The monoisotopic (exact) mass is 277 g/mol. The molecule has 0 fully saturated rings. The third-order valence-electron chi connectivity index (χ3n) is 2.17. The van der Waals surface area contributed by atoms with Crippen molar-refractivity contribution >= 4 is 21.6 Å². The van der Waals surface area contributed by atoms with Gasteiger partial charge in [-0.2, -0.15) is 0 Å². The van der Waals surface area contributed by atoms with E-state index in [1.807, 2.05) is 48.5 Å². The predicted octanol–water partition coefficient (Wildman–Crippen LogP) is 3.61. The van der Waals surface area contributed by atoms with Crippen LogP contribution in [0.25, 0.3) is 0 Å². The molecule has 0 saturated carbocycles. The van der Waals surface area contributed by atoms with Crippen LogP contribution in [0.2, 0.25) is 0 Å². The van der Waals surface area contributed by atoms with Crippen LogP contribution < -0.4 is 10.5 Å². The number of halogens is 1. The molecular formula is C13H12BrNO. The summed E-state index contributed by atoms with van der Waals surface area (Å²) in [6.07, 6.45) is 0. The van der Waals surface area contributed by atoms with E-state index in [0.29, 0.717) is 6.61 Å². The van der Waals surface area contributed by atoms with E-state index in [1.54, 1.807) is 0 Å². The summed E-state index contributed by atoms with van der Waals surface area (Å²) < 4.78 is 6.67. The highest BCUT2D eigenvalue weighted by atomic mass is 79.9. The number of ether oxygens (including phenoxy) is 1. The van der Waals surface area contributed by atoms with Gasteiger partial charge in [-0.1, -0.05) is 28.1 Å². The minimum absolute atomic E-state index is 0.534. The second-order valence-electron chi connectivity index (χ2n) is 3.49. The number of benzene rings is 2. The maximum absolute atomic E-state index is 5.69. The van der Waals surface area contributed by atoms with E-state index < -0.39 is 0 Å². The smallest absolute Gasteiger partial charge is 0.119 e. The molecule has 3 heteroatoms. The first-order valence-corrected chi connectivity index (χ1v) is 5.76. The highest BCUT2D eigenvalue weighted by molar-refractivity contribution is 9.10. The van der Waals surface area contributed by atoms with E-state index >= 15 is 0 Å². The van der Waals surface area contributed by atoms with Crippen LogP contribution in [-0.4, -0.2) is 0 Å². The van der Waals surface area contributed by atoms with Crippen molar-refractivity contribution in [2.75, 3.05) is 5.73 Å². The molecule has 0 amide bonds. The number of anilines is 1. The normalized spacial score (nSPS) is 10.1. The summed E-state index contributed by atoms with van der Waals surface area (Å²) in [4.78, 5) is 0. The highest BCUT2D eigenvalue weighted by Crippen LogP contribution is 2.17. The average Bonchev–Trinajstić information content (AvgIpc) is 2.28. The largest absolute Gasteiger partial charge is 0.489 e. The maximum Gasteiger partial charge on any atom is 0.119 e. The van der Waals surface area contributed by atoms with Crippen molar-refractivity contribution < 1.29 is 4.74 Å². The third-order valence-corrected chi connectivity index (χ3v) is 2.70. The summed E-state index contributed by atoms with van der Waals surface area (Å²) in [6, 6.07) is 15.5. The number of hydrogen-bond donors (Lipinski definition) is 1. The van der Waals surface area contributed by atoms with Crippen LogP contribution in [0.4, 0.5) is 5.69 Å². The Labute approximate surface area is 103 Å². The molecule has 0 bridgehead atoms. The Morgan fingerprint density at radius 3 is 2.50 bits per heavy atom. The van der Waals surface area contributed by atoms with Gasteiger partial charge in [-0.15, -0.1) is 0 Å². The van der Waals surface area contributed by atoms with E-state index in [1.165, 1.54) is 0 Å². The van der Waals surface area contributed by atoms with Crippen LogP contribution >= 0.6 is 15.9 Å². The van der Waals surface area contributed by atoms with Crippen molar-refractivity contribution in [1.29, 1.82) is 0 Å². The Kier molecular flexibility index (Phi) is 3.47. The molecule has 0 saturated heterocycles. The second-order valence-corrected chi connectivity index (χ2v) is 4.40. The van der Waals surface area contributed by atoms with Gasteiger partial charge in [-0.05, 0) is 42.0 Å². The fourth-order valence-corrected chi connectivity index (χ4v) is 1.64. The zero-order valence-electron chi connectivity index (χ0n) is 8.69. The van der Waals surface area contributed by atoms with Crippen LogP contribution in [0.1, 0.15) is 5.56 Å². The molecule has 0 aromatic heterocycles. The molecule has 0 heterocycles. The van der Waals surface area contributed by atoms with Crippen molar-refractivity contribution in [3.63, 3.8) is 0 Å². The first-order chi connectivity index (χ1) is 7.74. The molecule has 2 aromatic carbocycles. The Morgan fingerprint density at radius 2 is 1.81 bits per heavy atom. The Balaban J connectivity index is 1.99. The Hall–Kier alpha value is -1.48. The van der Waals surface area contributed by atoms with E-state index in [-0.39, 0.29) is 0 Å². The SMILES string of the molecule is Nc1cccc(COc2ccc(Br)cc2)c1. The van der Waals surface area contributed by atoms with Gasteiger partial charge in [0.05, 0.1) is 0 Å². The lowest BCUT2D eigenvalue weighted by atomic mass is 10.2. The minimum Gasteiger partial charge on any atom is -0.489 e. The molecular weight excluding hydrogens is 266 g/mol. The van der Waals surface area contributed by atoms with Crippen LogP contribution in [0, 0.1) is 0 Å². The number of nitrogens with two attached hydrogens (primary N) is 1. The van der Waals surface area contributed by atoms with E-state index in [4.69, 9.17) is 10.5 Å². The highest BCUT2D eigenvalue weighted by Gasteiger charge is 1.96. The molecule has 2 nitrogen and oxygen atoms in total. The van der Waals surface area contributed by atoms with Gasteiger partial charge in [0.2, 0.25) is 0 Å². The van der Waals surface area contributed by atoms with Gasteiger partial charge in [0.1, 0.15) is 12.4 Å². The molecule has 2 aromatic rings. The zero-order chi connectivity index (χ0) is 11.4. The molecule has 0 unspecified atom stereocenters.